The molecule has 1 amide bonds. The largest absolute Gasteiger partial charge is 0.384 e. The lowest BCUT2D eigenvalue weighted by molar-refractivity contribution is 0.0949. The summed E-state index contributed by atoms with van der Waals surface area (Å²) < 4.78 is 13.7. The molecule has 1 heterocycles. The second-order valence-corrected chi connectivity index (χ2v) is 3.77. The van der Waals surface area contributed by atoms with Gasteiger partial charge in [0.1, 0.15) is 24.6 Å². The molecule has 0 fully saturated rings. The quantitative estimate of drug-likeness (QED) is 0.698. The molecule has 2 rings (SSSR count). The third kappa shape index (κ3) is 3.40. The molecular weight excluding hydrogens is 263 g/mol. The molecule has 3 N–H and O–H groups in total. The number of amides is 1. The van der Waals surface area contributed by atoms with Crippen LogP contribution in [0.15, 0.2) is 24.5 Å². The Balaban J connectivity index is 2.05. The highest BCUT2D eigenvalue weighted by atomic mass is 19.1. The van der Waals surface area contributed by atoms with Crippen LogP contribution in [0.2, 0.25) is 0 Å². The molecular formula is C13H11FN4O2. The maximum atomic E-state index is 13.7. The van der Waals surface area contributed by atoms with Gasteiger partial charge in [-0.15, -0.1) is 0 Å². The van der Waals surface area contributed by atoms with Crippen molar-refractivity contribution in [3.05, 3.63) is 47.3 Å². The van der Waals surface area contributed by atoms with Crippen LogP contribution in [0.4, 0.5) is 4.39 Å². The lowest BCUT2D eigenvalue weighted by atomic mass is 10.1. The number of nitrogens with zero attached hydrogens (tertiary/aromatic N) is 2. The molecule has 6 nitrogen and oxygen atoms in total. The third-order valence-electron chi connectivity index (χ3n) is 2.41. The van der Waals surface area contributed by atoms with Crippen LogP contribution in [-0.4, -0.2) is 32.8 Å². The van der Waals surface area contributed by atoms with Crippen molar-refractivity contribution in [1.82, 2.24) is 20.5 Å². The highest BCUT2D eigenvalue weighted by Crippen LogP contribution is 2.09. The number of aromatic amines is 1. The van der Waals surface area contributed by atoms with E-state index in [2.05, 4.69) is 32.3 Å². The summed E-state index contributed by atoms with van der Waals surface area (Å²) in [5.41, 5.74) is 0.308. The highest BCUT2D eigenvalue weighted by Gasteiger charge is 2.09. The van der Waals surface area contributed by atoms with Gasteiger partial charge in [0.05, 0.1) is 12.1 Å². The van der Waals surface area contributed by atoms with Crippen LogP contribution < -0.4 is 5.32 Å². The first-order chi connectivity index (χ1) is 9.70. The van der Waals surface area contributed by atoms with Gasteiger partial charge >= 0.3 is 0 Å². The number of nitrogens with one attached hydrogen (secondary N) is 2. The van der Waals surface area contributed by atoms with E-state index >= 15 is 0 Å². The summed E-state index contributed by atoms with van der Waals surface area (Å²) in [6.07, 6.45) is 1.33. The van der Waals surface area contributed by atoms with Gasteiger partial charge in [0.2, 0.25) is 0 Å². The molecule has 0 saturated carbocycles. The molecule has 0 aliphatic rings. The number of hydrogen-bond acceptors (Lipinski definition) is 4. The second kappa shape index (κ2) is 6.45. The zero-order valence-corrected chi connectivity index (χ0v) is 10.4. The fourth-order valence-corrected chi connectivity index (χ4v) is 1.47. The van der Waals surface area contributed by atoms with Crippen LogP contribution in [0, 0.1) is 17.7 Å². The van der Waals surface area contributed by atoms with Gasteiger partial charge in [-0.25, -0.2) is 9.37 Å². The number of hydrogen-bond donors (Lipinski definition) is 3. The van der Waals surface area contributed by atoms with Crippen LogP contribution in [0.1, 0.15) is 21.7 Å². The van der Waals surface area contributed by atoms with Crippen molar-refractivity contribution < 1.29 is 14.3 Å². The molecule has 1 aromatic carbocycles. The Bertz CT molecular complexity index is 659. The number of halogens is 1. The molecule has 20 heavy (non-hydrogen) atoms. The predicted octanol–water partition coefficient (Wildman–Crippen LogP) is 0.218. The van der Waals surface area contributed by atoms with Crippen molar-refractivity contribution >= 4 is 5.91 Å². The summed E-state index contributed by atoms with van der Waals surface area (Å²) in [5.74, 6) is 4.26. The van der Waals surface area contributed by atoms with E-state index in [1.165, 1.54) is 18.5 Å². The number of benzene rings is 1. The zero-order chi connectivity index (χ0) is 14.4. The predicted molar refractivity (Wildman–Crippen MR) is 67.9 cm³/mol. The van der Waals surface area contributed by atoms with Crippen LogP contribution >= 0.6 is 0 Å². The maximum absolute atomic E-state index is 13.7. The Hall–Kier alpha value is -2.72. The maximum Gasteiger partial charge on any atom is 0.251 e. The fraction of sp³-hybridized carbons (Fsp3) is 0.154. The summed E-state index contributed by atoms with van der Waals surface area (Å²) in [7, 11) is 0. The van der Waals surface area contributed by atoms with E-state index in [0.29, 0.717) is 5.82 Å². The van der Waals surface area contributed by atoms with Gasteiger partial charge in [-0.3, -0.25) is 9.89 Å². The average Bonchev–Trinajstić information content (AvgIpc) is 2.96. The van der Waals surface area contributed by atoms with Crippen LogP contribution in [0.25, 0.3) is 0 Å². The highest BCUT2D eigenvalue weighted by molar-refractivity contribution is 5.94. The molecule has 0 saturated heterocycles. The van der Waals surface area contributed by atoms with Gasteiger partial charge in [-0.05, 0) is 18.2 Å². The van der Waals surface area contributed by atoms with Crippen molar-refractivity contribution in [2.75, 3.05) is 6.61 Å². The van der Waals surface area contributed by atoms with Crippen molar-refractivity contribution in [2.45, 2.75) is 6.54 Å². The SMILES string of the molecule is O=C(NCc1ncn[nH]1)c1ccc(C#CCO)c(F)c1. The first-order valence-electron chi connectivity index (χ1n) is 5.72. The number of rotatable bonds is 3. The topological polar surface area (TPSA) is 90.9 Å². The molecule has 0 spiro atoms. The molecule has 0 unspecified atom stereocenters. The summed E-state index contributed by atoms with van der Waals surface area (Å²) >= 11 is 0. The van der Waals surface area contributed by atoms with Gasteiger partial charge < -0.3 is 10.4 Å². The first kappa shape index (κ1) is 13.7. The Labute approximate surface area is 114 Å². The van der Waals surface area contributed by atoms with Crippen LogP contribution in [0.5, 0.6) is 0 Å². The lowest BCUT2D eigenvalue weighted by Gasteiger charge is -2.04. The summed E-state index contributed by atoms with van der Waals surface area (Å²) in [5, 5.41) is 17.4. The zero-order valence-electron chi connectivity index (χ0n) is 10.4. The minimum absolute atomic E-state index is 0.130. The van der Waals surface area contributed by atoms with Crippen molar-refractivity contribution in [1.29, 1.82) is 0 Å². The van der Waals surface area contributed by atoms with Gasteiger partial charge in [-0.2, -0.15) is 5.10 Å². The van der Waals surface area contributed by atoms with Crippen LogP contribution in [0.3, 0.4) is 0 Å². The minimum Gasteiger partial charge on any atom is -0.384 e. The monoisotopic (exact) mass is 274 g/mol. The number of carbonyl (C=O) groups is 1. The van der Waals surface area contributed by atoms with Crippen LogP contribution in [-0.2, 0) is 6.54 Å². The van der Waals surface area contributed by atoms with E-state index in [4.69, 9.17) is 5.11 Å². The summed E-state index contributed by atoms with van der Waals surface area (Å²) in [4.78, 5) is 15.7. The number of aliphatic hydroxyl groups is 1. The molecule has 0 atom stereocenters. The molecule has 0 aliphatic heterocycles. The average molecular weight is 274 g/mol. The number of carbonyl (C=O) groups excluding carboxylic acids is 1. The van der Waals surface area contributed by atoms with Crippen molar-refractivity contribution in [2.24, 2.45) is 0 Å². The van der Waals surface area contributed by atoms with Gasteiger partial charge in [0, 0.05) is 5.56 Å². The van der Waals surface area contributed by atoms with Crippen molar-refractivity contribution in [3.63, 3.8) is 0 Å². The molecule has 1 aromatic heterocycles. The number of aromatic nitrogens is 3. The van der Waals surface area contributed by atoms with Crippen molar-refractivity contribution in [3.8, 4) is 11.8 Å². The molecule has 7 heteroatoms. The molecule has 0 radical (unpaired) electrons. The molecule has 102 valence electrons. The van der Waals surface area contributed by atoms with E-state index in [1.54, 1.807) is 0 Å². The summed E-state index contributed by atoms with van der Waals surface area (Å²) in [6.45, 7) is -0.175. The lowest BCUT2D eigenvalue weighted by Crippen LogP contribution is -2.23. The smallest absolute Gasteiger partial charge is 0.251 e. The normalized spacial score (nSPS) is 9.70. The second-order valence-electron chi connectivity index (χ2n) is 3.77. The van der Waals surface area contributed by atoms with E-state index in [9.17, 15) is 9.18 Å². The Morgan fingerprint density at radius 1 is 1.50 bits per heavy atom. The van der Waals surface area contributed by atoms with Gasteiger partial charge in [0.25, 0.3) is 5.91 Å². The fourth-order valence-electron chi connectivity index (χ4n) is 1.47. The molecule has 0 aliphatic carbocycles. The minimum atomic E-state index is -0.613. The third-order valence-corrected chi connectivity index (χ3v) is 2.41. The number of H-pyrrole nitrogens is 1. The summed E-state index contributed by atoms with van der Waals surface area (Å²) in [6, 6.07) is 3.94. The van der Waals surface area contributed by atoms with Gasteiger partial charge in [-0.1, -0.05) is 11.8 Å². The standard InChI is InChI=1S/C13H11FN4O2/c14-11-6-10(4-3-9(11)2-1-5-19)13(20)15-7-12-16-8-17-18-12/h3-4,6,8,19H,5,7H2,(H,15,20)(H,16,17,18). The van der Waals surface area contributed by atoms with E-state index in [-0.39, 0.29) is 24.3 Å². The first-order valence-corrected chi connectivity index (χ1v) is 5.72. The van der Waals surface area contributed by atoms with Gasteiger partial charge in [0.15, 0.2) is 0 Å². The molecule has 0 bridgehead atoms. The van der Waals surface area contributed by atoms with E-state index < -0.39 is 11.7 Å². The molecule has 2 aromatic rings. The van der Waals surface area contributed by atoms with E-state index in [1.807, 2.05) is 0 Å². The Morgan fingerprint density at radius 3 is 3.00 bits per heavy atom. The number of aliphatic hydroxyl groups excluding tert-OH is 1. The Kier molecular flexibility index (Phi) is 4.42. The van der Waals surface area contributed by atoms with E-state index in [0.717, 1.165) is 6.07 Å². The Morgan fingerprint density at radius 2 is 2.35 bits per heavy atom.